The van der Waals surface area contributed by atoms with E-state index in [1.807, 2.05) is 0 Å². The summed E-state index contributed by atoms with van der Waals surface area (Å²) in [5.74, 6) is -0.953. The largest absolute Gasteiger partial charge is 0.462 e. The lowest BCUT2D eigenvalue weighted by molar-refractivity contribution is -0.167. The third kappa shape index (κ3) is 42.0. The Hall–Kier alpha value is -3.15. The van der Waals surface area contributed by atoms with Gasteiger partial charge in [-0.05, 0) is 89.9 Å². The maximum absolute atomic E-state index is 12.7. The lowest BCUT2D eigenvalue weighted by atomic mass is 10.1. The molecular formula is C50H84O6. The first-order valence-corrected chi connectivity index (χ1v) is 23.0. The van der Waals surface area contributed by atoms with Crippen LogP contribution in [-0.2, 0) is 28.6 Å². The van der Waals surface area contributed by atoms with E-state index in [0.717, 1.165) is 109 Å². The number of carbonyl (C=O) groups excluding carboxylic acids is 3. The Labute approximate surface area is 344 Å². The van der Waals surface area contributed by atoms with E-state index < -0.39 is 6.10 Å². The number of unbranched alkanes of at least 4 members (excludes halogenated alkanes) is 18. The van der Waals surface area contributed by atoms with E-state index in [-0.39, 0.29) is 31.1 Å². The highest BCUT2D eigenvalue weighted by molar-refractivity contribution is 5.71. The Balaban J connectivity index is 4.43. The Morgan fingerprint density at radius 2 is 0.750 bits per heavy atom. The SMILES string of the molecule is CC/C=C\C/C=C\C/C=C\CCCCCCCCC(=O)OCC(COC(=O)CCCCCCC/C=C\CCCC)OC(=O)CCCCC/C=C\C=C/CCCC. The van der Waals surface area contributed by atoms with Crippen molar-refractivity contribution in [2.75, 3.05) is 13.2 Å². The molecule has 0 aliphatic heterocycles. The van der Waals surface area contributed by atoms with Crippen molar-refractivity contribution in [2.45, 2.75) is 213 Å². The van der Waals surface area contributed by atoms with Crippen molar-refractivity contribution < 1.29 is 28.6 Å². The van der Waals surface area contributed by atoms with Gasteiger partial charge in [-0.25, -0.2) is 0 Å². The Bertz CT molecular complexity index is 1080. The average Bonchev–Trinajstić information content (AvgIpc) is 3.19. The predicted molar refractivity (Wildman–Crippen MR) is 238 cm³/mol. The molecule has 6 nitrogen and oxygen atoms in total. The second kappa shape index (κ2) is 44.6. The number of allylic oxidation sites excluding steroid dienone is 12. The van der Waals surface area contributed by atoms with Crippen LogP contribution in [0.2, 0.25) is 0 Å². The summed E-state index contributed by atoms with van der Waals surface area (Å²) in [4.78, 5) is 37.7. The number of carbonyl (C=O) groups is 3. The molecule has 6 heteroatoms. The molecule has 0 aliphatic rings. The van der Waals surface area contributed by atoms with Crippen molar-refractivity contribution in [1.82, 2.24) is 0 Å². The van der Waals surface area contributed by atoms with Crippen LogP contribution in [0.4, 0.5) is 0 Å². The Morgan fingerprint density at radius 3 is 1.25 bits per heavy atom. The molecule has 0 fully saturated rings. The summed E-state index contributed by atoms with van der Waals surface area (Å²) in [6.45, 7) is 6.37. The standard InChI is InChI=1S/C50H84O6/c1-4-7-10-13-16-19-22-23-24-25-26-29-31-34-37-40-43-49(52)55-46-47(56-50(53)44-41-38-35-32-28-21-18-15-12-9-6-3)45-54-48(51)42-39-36-33-30-27-20-17-14-11-8-5-2/h7,10,14-19,21,23-24,28,47H,4-6,8-9,11-13,20,22,25-27,29-46H2,1-3H3/b10-7-,17-14-,18-15-,19-16-,24-23-,28-21-. The van der Waals surface area contributed by atoms with Gasteiger partial charge in [0.1, 0.15) is 13.2 Å². The Morgan fingerprint density at radius 1 is 0.393 bits per heavy atom. The van der Waals surface area contributed by atoms with Crippen molar-refractivity contribution in [3.05, 3.63) is 72.9 Å². The third-order valence-electron chi connectivity index (χ3n) is 9.44. The predicted octanol–water partition coefficient (Wildman–Crippen LogP) is 14.7. The fraction of sp³-hybridized carbons (Fsp3) is 0.700. The minimum absolute atomic E-state index is 0.0959. The van der Waals surface area contributed by atoms with Crippen LogP contribution in [0.1, 0.15) is 207 Å². The van der Waals surface area contributed by atoms with Crippen molar-refractivity contribution in [3.63, 3.8) is 0 Å². The van der Waals surface area contributed by atoms with Crippen molar-refractivity contribution in [1.29, 1.82) is 0 Å². The molecular weight excluding hydrogens is 697 g/mol. The number of esters is 3. The number of ether oxygens (including phenoxy) is 3. The van der Waals surface area contributed by atoms with Gasteiger partial charge in [-0.1, -0.05) is 171 Å². The summed E-state index contributed by atoms with van der Waals surface area (Å²) in [5.41, 5.74) is 0. The van der Waals surface area contributed by atoms with Crippen LogP contribution >= 0.6 is 0 Å². The van der Waals surface area contributed by atoms with Crippen molar-refractivity contribution in [2.24, 2.45) is 0 Å². The molecule has 0 spiro atoms. The molecule has 0 aromatic heterocycles. The number of hydrogen-bond donors (Lipinski definition) is 0. The van der Waals surface area contributed by atoms with E-state index in [9.17, 15) is 14.4 Å². The van der Waals surface area contributed by atoms with E-state index in [2.05, 4.69) is 93.7 Å². The van der Waals surface area contributed by atoms with Crippen LogP contribution in [-0.4, -0.2) is 37.2 Å². The van der Waals surface area contributed by atoms with E-state index in [1.165, 1.54) is 57.8 Å². The zero-order valence-electron chi connectivity index (χ0n) is 36.4. The van der Waals surface area contributed by atoms with Crippen LogP contribution in [0, 0.1) is 0 Å². The summed E-state index contributed by atoms with van der Waals surface area (Å²) in [6, 6.07) is 0. The maximum atomic E-state index is 12.7. The van der Waals surface area contributed by atoms with E-state index >= 15 is 0 Å². The average molecular weight is 781 g/mol. The van der Waals surface area contributed by atoms with Crippen molar-refractivity contribution in [3.8, 4) is 0 Å². The molecule has 56 heavy (non-hydrogen) atoms. The van der Waals surface area contributed by atoms with Gasteiger partial charge in [0.2, 0.25) is 0 Å². The first kappa shape index (κ1) is 52.9. The summed E-state index contributed by atoms with van der Waals surface area (Å²) in [5, 5.41) is 0. The van der Waals surface area contributed by atoms with Crippen LogP contribution in [0.5, 0.6) is 0 Å². The van der Waals surface area contributed by atoms with Gasteiger partial charge >= 0.3 is 17.9 Å². The highest BCUT2D eigenvalue weighted by Crippen LogP contribution is 2.13. The van der Waals surface area contributed by atoms with Gasteiger partial charge in [0.15, 0.2) is 6.10 Å². The molecule has 0 amide bonds. The summed E-state index contributed by atoms with van der Waals surface area (Å²) < 4.78 is 16.7. The quantitative estimate of drug-likeness (QED) is 0.0203. The second-order valence-electron chi connectivity index (χ2n) is 14.9. The smallest absolute Gasteiger partial charge is 0.306 e. The molecule has 1 unspecified atom stereocenters. The van der Waals surface area contributed by atoms with Gasteiger partial charge in [-0.3, -0.25) is 14.4 Å². The van der Waals surface area contributed by atoms with Crippen LogP contribution in [0.25, 0.3) is 0 Å². The molecule has 0 saturated carbocycles. The first-order chi connectivity index (χ1) is 27.5. The maximum Gasteiger partial charge on any atom is 0.306 e. The summed E-state index contributed by atoms with van der Waals surface area (Å²) in [6.07, 6.45) is 54.5. The van der Waals surface area contributed by atoms with Gasteiger partial charge in [0.05, 0.1) is 0 Å². The highest BCUT2D eigenvalue weighted by atomic mass is 16.6. The fourth-order valence-corrected chi connectivity index (χ4v) is 5.94. The molecule has 0 aromatic carbocycles. The lowest BCUT2D eigenvalue weighted by Crippen LogP contribution is -2.30. The van der Waals surface area contributed by atoms with Gasteiger partial charge < -0.3 is 14.2 Å². The molecule has 320 valence electrons. The molecule has 0 rings (SSSR count). The van der Waals surface area contributed by atoms with Gasteiger partial charge in [-0.15, -0.1) is 0 Å². The van der Waals surface area contributed by atoms with E-state index in [4.69, 9.17) is 14.2 Å². The minimum Gasteiger partial charge on any atom is -0.462 e. The molecule has 0 bridgehead atoms. The van der Waals surface area contributed by atoms with Gasteiger partial charge in [0, 0.05) is 19.3 Å². The zero-order chi connectivity index (χ0) is 40.8. The minimum atomic E-state index is -0.795. The molecule has 0 saturated heterocycles. The molecule has 1 atom stereocenters. The fourth-order valence-electron chi connectivity index (χ4n) is 5.94. The topological polar surface area (TPSA) is 78.9 Å². The molecule has 0 N–H and O–H groups in total. The van der Waals surface area contributed by atoms with Gasteiger partial charge in [-0.2, -0.15) is 0 Å². The normalized spacial score (nSPS) is 12.7. The first-order valence-electron chi connectivity index (χ1n) is 23.0. The summed E-state index contributed by atoms with van der Waals surface area (Å²) >= 11 is 0. The summed E-state index contributed by atoms with van der Waals surface area (Å²) in [7, 11) is 0. The Kier molecular flexibility index (Phi) is 42.1. The highest BCUT2D eigenvalue weighted by Gasteiger charge is 2.19. The zero-order valence-corrected chi connectivity index (χ0v) is 36.4. The van der Waals surface area contributed by atoms with Crippen LogP contribution in [0.3, 0.4) is 0 Å². The van der Waals surface area contributed by atoms with Gasteiger partial charge in [0.25, 0.3) is 0 Å². The molecule has 0 radical (unpaired) electrons. The van der Waals surface area contributed by atoms with Crippen LogP contribution < -0.4 is 0 Å². The van der Waals surface area contributed by atoms with Crippen LogP contribution in [0.15, 0.2) is 72.9 Å². The van der Waals surface area contributed by atoms with E-state index in [1.54, 1.807) is 0 Å². The monoisotopic (exact) mass is 781 g/mol. The number of hydrogen-bond acceptors (Lipinski definition) is 6. The molecule has 0 aliphatic carbocycles. The third-order valence-corrected chi connectivity index (χ3v) is 9.44. The molecule has 0 heterocycles. The lowest BCUT2D eigenvalue weighted by Gasteiger charge is -2.18. The van der Waals surface area contributed by atoms with E-state index in [0.29, 0.717) is 19.3 Å². The molecule has 0 aromatic rings. The van der Waals surface area contributed by atoms with Crippen molar-refractivity contribution >= 4 is 17.9 Å². The second-order valence-corrected chi connectivity index (χ2v) is 14.9. The number of rotatable bonds is 40.